The number of nitrogens with zero attached hydrogens (tertiary/aromatic N) is 2. The van der Waals surface area contributed by atoms with Crippen LogP contribution in [0.25, 0.3) is 0 Å². The first-order valence-electron chi connectivity index (χ1n) is 11.0. The molecule has 4 atom stereocenters. The second kappa shape index (κ2) is 9.85. The Labute approximate surface area is 197 Å². The highest BCUT2D eigenvalue weighted by Crippen LogP contribution is 2.60. The molecule has 2 saturated carbocycles. The zero-order valence-electron chi connectivity index (χ0n) is 18.3. The summed E-state index contributed by atoms with van der Waals surface area (Å²) in [5.74, 6) is 1.29. The largest absolute Gasteiger partial charge is 0.377 e. The van der Waals surface area contributed by atoms with E-state index >= 15 is 0 Å². The van der Waals surface area contributed by atoms with Gasteiger partial charge in [-0.15, -0.1) is 24.0 Å². The van der Waals surface area contributed by atoms with Crippen molar-refractivity contribution in [2.24, 2.45) is 16.3 Å². The van der Waals surface area contributed by atoms with Crippen molar-refractivity contribution in [3.63, 3.8) is 0 Å². The summed E-state index contributed by atoms with van der Waals surface area (Å²) in [6, 6.07) is 10.8. The maximum absolute atomic E-state index is 12.1. The maximum Gasteiger partial charge on any atom is 0.243 e. The molecule has 7 heteroatoms. The van der Waals surface area contributed by atoms with E-state index < -0.39 is 0 Å². The summed E-state index contributed by atoms with van der Waals surface area (Å²) in [6.07, 6.45) is 6.53. The Morgan fingerprint density at radius 2 is 1.97 bits per heavy atom. The summed E-state index contributed by atoms with van der Waals surface area (Å²) in [7, 11) is 3.54. The predicted octanol–water partition coefficient (Wildman–Crippen LogP) is 3.34. The summed E-state index contributed by atoms with van der Waals surface area (Å²) in [5, 5.41) is 7.28. The van der Waals surface area contributed by atoms with Crippen LogP contribution in [0.2, 0.25) is 0 Å². The first-order chi connectivity index (χ1) is 14.0. The van der Waals surface area contributed by atoms with Crippen molar-refractivity contribution in [3.8, 4) is 0 Å². The van der Waals surface area contributed by atoms with Gasteiger partial charge < -0.3 is 20.3 Å². The highest BCUT2D eigenvalue weighted by Gasteiger charge is 2.65. The van der Waals surface area contributed by atoms with Gasteiger partial charge in [-0.05, 0) is 31.7 Å². The van der Waals surface area contributed by atoms with E-state index in [0.717, 1.165) is 19.0 Å². The molecule has 3 fully saturated rings. The Kier molecular flexibility index (Phi) is 7.66. The number of carbonyl (C=O) groups is 1. The van der Waals surface area contributed by atoms with Crippen LogP contribution in [-0.4, -0.2) is 56.2 Å². The van der Waals surface area contributed by atoms with E-state index in [0.29, 0.717) is 18.1 Å². The Morgan fingerprint density at radius 3 is 2.63 bits per heavy atom. The van der Waals surface area contributed by atoms with Gasteiger partial charge >= 0.3 is 0 Å². The van der Waals surface area contributed by atoms with Crippen LogP contribution in [0.4, 0.5) is 0 Å². The van der Waals surface area contributed by atoms with Gasteiger partial charge in [0.2, 0.25) is 5.91 Å². The summed E-state index contributed by atoms with van der Waals surface area (Å²) >= 11 is 0. The zero-order chi connectivity index (χ0) is 20.4. The average molecular weight is 526 g/mol. The van der Waals surface area contributed by atoms with Crippen molar-refractivity contribution < 1.29 is 9.53 Å². The molecular formula is C23H35IN4O2. The topological polar surface area (TPSA) is 66.0 Å². The highest BCUT2D eigenvalue weighted by atomic mass is 127. The van der Waals surface area contributed by atoms with Crippen LogP contribution >= 0.6 is 24.0 Å². The second-order valence-electron chi connectivity index (χ2n) is 9.04. The number of fused-ring (bicyclic) bond motifs is 2. The van der Waals surface area contributed by atoms with Crippen molar-refractivity contribution in [1.29, 1.82) is 0 Å². The minimum absolute atomic E-state index is 0. The zero-order valence-corrected chi connectivity index (χ0v) is 20.6. The third-order valence-electron chi connectivity index (χ3n) is 7.10. The van der Waals surface area contributed by atoms with Crippen molar-refractivity contribution >= 4 is 35.8 Å². The lowest BCUT2D eigenvalue weighted by molar-refractivity contribution is -0.127. The van der Waals surface area contributed by atoms with E-state index in [4.69, 9.17) is 4.74 Å². The van der Waals surface area contributed by atoms with Gasteiger partial charge in [0.1, 0.15) is 6.54 Å². The number of halogens is 1. The van der Waals surface area contributed by atoms with Crippen molar-refractivity contribution in [2.75, 3.05) is 27.2 Å². The Morgan fingerprint density at radius 1 is 1.27 bits per heavy atom. The van der Waals surface area contributed by atoms with Gasteiger partial charge in [-0.1, -0.05) is 43.2 Å². The van der Waals surface area contributed by atoms with E-state index in [2.05, 4.69) is 34.7 Å². The molecule has 1 heterocycles. The Bertz CT molecular complexity index is 749. The number of aliphatic imine (C=N–C) groups is 1. The number of likely N-dealkylation sites (N-methyl/N-ethyl adjacent to an activating group) is 1. The molecular weight excluding hydrogens is 491 g/mol. The van der Waals surface area contributed by atoms with Gasteiger partial charge in [-0.25, -0.2) is 4.99 Å². The van der Waals surface area contributed by atoms with Crippen LogP contribution in [-0.2, 0) is 9.53 Å². The van der Waals surface area contributed by atoms with E-state index in [-0.39, 0.29) is 47.9 Å². The number of nitrogens with one attached hydrogen (secondary N) is 2. The minimum Gasteiger partial charge on any atom is -0.377 e. The SMILES string of the molecule is CC(NC(=NCC(=O)N(C)C)NC1C2CCOC2C12CCCC2)c1ccccc1.I. The molecule has 1 aliphatic heterocycles. The molecule has 1 saturated heterocycles. The average Bonchev–Trinajstić information content (AvgIpc) is 3.39. The van der Waals surface area contributed by atoms with Crippen LogP contribution in [0.15, 0.2) is 35.3 Å². The minimum atomic E-state index is 0. The van der Waals surface area contributed by atoms with E-state index in [1.165, 1.54) is 31.2 Å². The van der Waals surface area contributed by atoms with Crippen LogP contribution < -0.4 is 10.6 Å². The quantitative estimate of drug-likeness (QED) is 0.351. The summed E-state index contributed by atoms with van der Waals surface area (Å²) in [6.45, 7) is 3.15. The third-order valence-corrected chi connectivity index (χ3v) is 7.10. The molecule has 1 spiro atoms. The molecule has 2 N–H and O–H groups in total. The maximum atomic E-state index is 12.1. The molecule has 1 aromatic rings. The molecule has 30 heavy (non-hydrogen) atoms. The molecule has 2 aliphatic carbocycles. The lowest BCUT2D eigenvalue weighted by Gasteiger charge is -2.57. The van der Waals surface area contributed by atoms with E-state index in [9.17, 15) is 4.79 Å². The fraction of sp³-hybridized carbons (Fsp3) is 0.652. The van der Waals surface area contributed by atoms with Gasteiger partial charge in [-0.3, -0.25) is 4.79 Å². The number of ether oxygens (including phenoxy) is 1. The normalized spacial score (nSPS) is 27.6. The summed E-state index contributed by atoms with van der Waals surface area (Å²) in [5.41, 5.74) is 1.44. The second-order valence-corrected chi connectivity index (χ2v) is 9.04. The number of carbonyl (C=O) groups excluding carboxylic acids is 1. The van der Waals surface area contributed by atoms with E-state index in [1.54, 1.807) is 19.0 Å². The molecule has 4 unspecified atom stereocenters. The molecule has 1 amide bonds. The smallest absolute Gasteiger partial charge is 0.243 e. The molecule has 0 radical (unpaired) electrons. The summed E-state index contributed by atoms with van der Waals surface area (Å²) < 4.78 is 6.12. The van der Waals surface area contributed by atoms with Crippen LogP contribution in [0.3, 0.4) is 0 Å². The first kappa shape index (κ1) is 23.3. The number of guanidine groups is 1. The van der Waals surface area contributed by atoms with Gasteiger partial charge in [0, 0.05) is 38.1 Å². The highest BCUT2D eigenvalue weighted by molar-refractivity contribution is 14.0. The van der Waals surface area contributed by atoms with Crippen molar-refractivity contribution in [1.82, 2.24) is 15.5 Å². The van der Waals surface area contributed by atoms with Crippen LogP contribution in [0.5, 0.6) is 0 Å². The molecule has 6 nitrogen and oxygen atoms in total. The fourth-order valence-electron chi connectivity index (χ4n) is 5.50. The third kappa shape index (κ3) is 4.47. The Balaban J connectivity index is 0.00000256. The van der Waals surface area contributed by atoms with Gasteiger partial charge in [0.15, 0.2) is 5.96 Å². The van der Waals surface area contributed by atoms with Crippen molar-refractivity contribution in [3.05, 3.63) is 35.9 Å². The monoisotopic (exact) mass is 526 g/mol. The fourth-order valence-corrected chi connectivity index (χ4v) is 5.50. The van der Waals surface area contributed by atoms with Gasteiger partial charge in [0.25, 0.3) is 0 Å². The molecule has 166 valence electrons. The number of rotatable bonds is 5. The molecule has 0 aromatic heterocycles. The number of benzene rings is 1. The lowest BCUT2D eigenvalue weighted by atomic mass is 9.54. The van der Waals surface area contributed by atoms with Crippen molar-refractivity contribution in [2.45, 2.75) is 57.2 Å². The Hall–Kier alpha value is -1.35. The summed E-state index contributed by atoms with van der Waals surface area (Å²) in [4.78, 5) is 18.4. The molecule has 1 aromatic carbocycles. The van der Waals surface area contributed by atoms with E-state index in [1.807, 2.05) is 18.2 Å². The molecule has 4 rings (SSSR count). The van der Waals surface area contributed by atoms with Gasteiger partial charge in [0.05, 0.1) is 12.1 Å². The molecule has 3 aliphatic rings. The number of hydrogen-bond donors (Lipinski definition) is 2. The van der Waals surface area contributed by atoms with Crippen LogP contribution in [0.1, 0.15) is 50.6 Å². The van der Waals surface area contributed by atoms with Gasteiger partial charge in [-0.2, -0.15) is 0 Å². The molecule has 0 bridgehead atoms. The van der Waals surface area contributed by atoms with Crippen LogP contribution in [0, 0.1) is 11.3 Å². The lowest BCUT2D eigenvalue weighted by Crippen LogP contribution is -2.69. The number of amides is 1. The predicted molar refractivity (Wildman–Crippen MR) is 130 cm³/mol. The first-order valence-corrected chi connectivity index (χ1v) is 11.0. The standard InChI is InChI=1S/C23H34N4O2.HI/c1-16(17-9-5-4-6-10-17)25-22(24-15-19(28)27(2)3)26-20-18-11-14-29-21(18)23(20)12-7-8-13-23;/h4-6,9-10,16,18,20-21H,7-8,11-15H2,1-3H3,(H2,24,25,26);1H. The number of hydrogen-bond acceptors (Lipinski definition) is 3.